The van der Waals surface area contributed by atoms with E-state index in [1.807, 2.05) is 26.0 Å². The molecule has 1 unspecified atom stereocenters. The molecule has 2 saturated heterocycles. The third-order valence-electron chi connectivity index (χ3n) is 8.61. The number of aliphatic hydroxyl groups is 1. The average molecular weight is 552 g/mol. The van der Waals surface area contributed by atoms with E-state index < -0.39 is 11.6 Å². The lowest BCUT2D eigenvalue weighted by Crippen LogP contribution is -2.48. The van der Waals surface area contributed by atoms with Crippen molar-refractivity contribution in [2.24, 2.45) is 5.41 Å². The van der Waals surface area contributed by atoms with E-state index >= 15 is 0 Å². The van der Waals surface area contributed by atoms with Crippen LogP contribution in [0.25, 0.3) is 0 Å². The number of anilines is 4. The van der Waals surface area contributed by atoms with E-state index in [4.69, 9.17) is 9.97 Å². The van der Waals surface area contributed by atoms with E-state index in [9.17, 15) is 19.8 Å². The van der Waals surface area contributed by atoms with Gasteiger partial charge in [0.1, 0.15) is 23.3 Å². The number of aliphatic hydroxyl groups excluding tert-OH is 1. The normalized spacial score (nSPS) is 20.2. The number of likely N-dealkylation sites (N-methyl/N-ethyl adjacent to an activating group) is 1. The molecule has 3 fully saturated rings. The Morgan fingerprint density at radius 3 is 2.48 bits per heavy atom. The Bertz CT molecular complexity index is 1240. The molecule has 2 aromatic heterocycles. The fourth-order valence-corrected chi connectivity index (χ4v) is 5.68. The number of amides is 2. The maximum absolute atomic E-state index is 13.6. The van der Waals surface area contributed by atoms with Crippen LogP contribution in [0.1, 0.15) is 62.7 Å². The summed E-state index contributed by atoms with van der Waals surface area (Å²) in [4.78, 5) is 40.2. The molecular formula is C29H41N7O4. The standard InChI is InChI=1S/C29H41N7O4/c1-28(2,19-37)33-23-10-9-21(25(31-23)35-16-13-29(11-12-29)14-17-35)26(38)32-22-7-4-8-24(30-22)36-15-5-6-20(18-36)34(3)27(39)40/h4,7-10,20,37H,5-6,11-19H2,1-3H3,(H,31,33)(H,39,40)(H,30,32,38). The van der Waals surface area contributed by atoms with Crippen molar-refractivity contribution in [3.05, 3.63) is 35.9 Å². The molecule has 0 aromatic carbocycles. The average Bonchev–Trinajstić information content (AvgIpc) is 3.71. The van der Waals surface area contributed by atoms with Gasteiger partial charge in [-0.25, -0.2) is 14.8 Å². The first kappa shape index (κ1) is 27.9. The number of rotatable bonds is 8. The number of hydrogen-bond donors (Lipinski definition) is 4. The maximum atomic E-state index is 13.6. The lowest BCUT2D eigenvalue weighted by atomic mass is 9.93. The molecule has 40 heavy (non-hydrogen) atoms. The van der Waals surface area contributed by atoms with Crippen LogP contribution in [0.4, 0.5) is 28.1 Å². The number of nitrogens with one attached hydrogen (secondary N) is 2. The summed E-state index contributed by atoms with van der Waals surface area (Å²) >= 11 is 0. The highest BCUT2D eigenvalue weighted by atomic mass is 16.4. The summed E-state index contributed by atoms with van der Waals surface area (Å²) in [6.45, 7) is 6.79. The predicted molar refractivity (Wildman–Crippen MR) is 155 cm³/mol. The highest BCUT2D eigenvalue weighted by molar-refractivity contribution is 6.07. The van der Waals surface area contributed by atoms with Gasteiger partial charge in [-0.15, -0.1) is 0 Å². The number of aromatic nitrogens is 2. The number of hydrogen-bond acceptors (Lipinski definition) is 8. The highest BCUT2D eigenvalue weighted by Crippen LogP contribution is 2.54. The molecule has 1 aliphatic carbocycles. The van der Waals surface area contributed by atoms with E-state index in [1.54, 1.807) is 25.2 Å². The van der Waals surface area contributed by atoms with Crippen molar-refractivity contribution in [1.82, 2.24) is 14.9 Å². The minimum Gasteiger partial charge on any atom is -0.465 e. The van der Waals surface area contributed by atoms with Crippen LogP contribution in [0, 0.1) is 5.41 Å². The minimum absolute atomic E-state index is 0.0507. The summed E-state index contributed by atoms with van der Waals surface area (Å²) in [5.41, 5.74) is 0.419. The van der Waals surface area contributed by atoms with Gasteiger partial charge in [0.05, 0.1) is 23.8 Å². The Morgan fingerprint density at radius 1 is 1.05 bits per heavy atom. The molecule has 11 nitrogen and oxygen atoms in total. The van der Waals surface area contributed by atoms with Gasteiger partial charge in [-0.3, -0.25) is 4.79 Å². The van der Waals surface area contributed by atoms with Gasteiger partial charge in [-0.05, 0) is 82.1 Å². The molecule has 1 spiro atoms. The summed E-state index contributed by atoms with van der Waals surface area (Å²) in [6, 6.07) is 8.95. The van der Waals surface area contributed by atoms with Crippen LogP contribution in [0.15, 0.2) is 30.3 Å². The summed E-state index contributed by atoms with van der Waals surface area (Å²) < 4.78 is 0. The molecule has 11 heteroatoms. The van der Waals surface area contributed by atoms with Gasteiger partial charge in [-0.1, -0.05) is 6.07 Å². The van der Waals surface area contributed by atoms with Crippen LogP contribution >= 0.6 is 0 Å². The molecular weight excluding hydrogens is 510 g/mol. The Kier molecular flexibility index (Phi) is 7.76. The number of carbonyl (C=O) groups excluding carboxylic acids is 1. The second-order valence-electron chi connectivity index (χ2n) is 12.2. The number of piperidine rings is 2. The van der Waals surface area contributed by atoms with E-state index in [0.717, 1.165) is 45.3 Å². The molecule has 0 radical (unpaired) electrons. The number of carbonyl (C=O) groups is 2. The Balaban J connectivity index is 1.34. The quantitative estimate of drug-likeness (QED) is 0.386. The summed E-state index contributed by atoms with van der Waals surface area (Å²) in [5.74, 6) is 2.10. The Morgan fingerprint density at radius 2 is 1.80 bits per heavy atom. The van der Waals surface area contributed by atoms with Gasteiger partial charge < -0.3 is 35.5 Å². The first-order chi connectivity index (χ1) is 19.1. The monoisotopic (exact) mass is 551 g/mol. The van der Waals surface area contributed by atoms with E-state index in [-0.39, 0.29) is 18.6 Å². The van der Waals surface area contributed by atoms with Gasteiger partial charge in [0.15, 0.2) is 0 Å². The molecule has 5 rings (SSSR count). The van der Waals surface area contributed by atoms with Gasteiger partial charge in [-0.2, -0.15) is 0 Å². The number of nitrogens with zero attached hydrogens (tertiary/aromatic N) is 5. The van der Waals surface area contributed by atoms with Crippen LogP contribution in [-0.4, -0.2) is 88.5 Å². The molecule has 1 atom stereocenters. The fraction of sp³-hybridized carbons (Fsp3) is 0.586. The zero-order valence-electron chi connectivity index (χ0n) is 23.7. The smallest absolute Gasteiger partial charge is 0.407 e. The molecule has 0 bridgehead atoms. The highest BCUT2D eigenvalue weighted by Gasteiger charge is 2.45. The van der Waals surface area contributed by atoms with E-state index in [0.29, 0.717) is 40.8 Å². The largest absolute Gasteiger partial charge is 0.465 e. The summed E-state index contributed by atoms with van der Waals surface area (Å²) in [7, 11) is 1.60. The van der Waals surface area contributed by atoms with Gasteiger partial charge >= 0.3 is 6.09 Å². The second-order valence-corrected chi connectivity index (χ2v) is 12.2. The van der Waals surface area contributed by atoms with Crippen LogP contribution in [0.5, 0.6) is 0 Å². The zero-order chi connectivity index (χ0) is 28.5. The van der Waals surface area contributed by atoms with Crippen molar-refractivity contribution in [2.45, 2.75) is 64.0 Å². The molecule has 4 N–H and O–H groups in total. The molecule has 2 aliphatic heterocycles. The first-order valence-corrected chi connectivity index (χ1v) is 14.2. The number of carboxylic acid groups (broad SMARTS) is 1. The van der Waals surface area contributed by atoms with Crippen LogP contribution in [-0.2, 0) is 0 Å². The first-order valence-electron chi connectivity index (χ1n) is 14.2. The maximum Gasteiger partial charge on any atom is 0.407 e. The van der Waals surface area contributed by atoms with Crippen molar-refractivity contribution in [2.75, 3.05) is 60.3 Å². The summed E-state index contributed by atoms with van der Waals surface area (Å²) in [6.07, 6.45) is 5.52. The Hall–Kier alpha value is -3.60. The molecule has 2 amide bonds. The van der Waals surface area contributed by atoms with Crippen molar-refractivity contribution >= 4 is 35.3 Å². The van der Waals surface area contributed by atoms with Crippen molar-refractivity contribution in [1.29, 1.82) is 0 Å². The third-order valence-corrected chi connectivity index (χ3v) is 8.61. The third kappa shape index (κ3) is 6.24. The SMILES string of the molecule is CN(C(=O)O)C1CCCN(c2cccc(NC(=O)c3ccc(NC(C)(C)CO)nc3N3CCC4(CC3)CC4)n2)C1. The summed E-state index contributed by atoms with van der Waals surface area (Å²) in [5, 5.41) is 25.4. The fourth-order valence-electron chi connectivity index (χ4n) is 5.68. The van der Waals surface area contributed by atoms with Crippen molar-refractivity contribution in [3.8, 4) is 0 Å². The van der Waals surface area contributed by atoms with Crippen molar-refractivity contribution < 1.29 is 19.8 Å². The molecule has 1 saturated carbocycles. The second kappa shape index (κ2) is 11.1. The minimum atomic E-state index is -0.938. The predicted octanol–water partition coefficient (Wildman–Crippen LogP) is 3.87. The molecule has 3 aliphatic rings. The van der Waals surface area contributed by atoms with Gasteiger partial charge in [0.2, 0.25) is 0 Å². The lowest BCUT2D eigenvalue weighted by molar-refractivity contribution is 0.102. The number of pyridine rings is 2. The molecule has 2 aromatic rings. The van der Waals surface area contributed by atoms with E-state index in [1.165, 1.54) is 17.7 Å². The van der Waals surface area contributed by atoms with Gasteiger partial charge in [0, 0.05) is 33.2 Å². The van der Waals surface area contributed by atoms with Crippen LogP contribution < -0.4 is 20.4 Å². The Labute approximate surface area is 235 Å². The topological polar surface area (TPSA) is 134 Å². The van der Waals surface area contributed by atoms with E-state index in [2.05, 4.69) is 20.4 Å². The van der Waals surface area contributed by atoms with Crippen LogP contribution in [0.3, 0.4) is 0 Å². The zero-order valence-corrected chi connectivity index (χ0v) is 23.7. The molecule has 4 heterocycles. The van der Waals surface area contributed by atoms with Crippen LogP contribution in [0.2, 0.25) is 0 Å². The lowest BCUT2D eigenvalue weighted by Gasteiger charge is -2.37. The van der Waals surface area contributed by atoms with Crippen molar-refractivity contribution in [3.63, 3.8) is 0 Å². The van der Waals surface area contributed by atoms with Gasteiger partial charge in [0.25, 0.3) is 5.91 Å². The molecule has 216 valence electrons.